The summed E-state index contributed by atoms with van der Waals surface area (Å²) in [7, 11) is 0. The monoisotopic (exact) mass is 574 g/mol. The minimum absolute atomic E-state index is 0.0283. The molecule has 0 nitrogen and oxygen atoms in total. The average molecular weight is 575 g/mol. The Labute approximate surface area is 264 Å². The van der Waals surface area contributed by atoms with Crippen molar-refractivity contribution in [2.75, 3.05) is 0 Å². The second-order valence-electron chi connectivity index (χ2n) is 16.1. The topological polar surface area (TPSA) is 0 Å². The first-order valence-electron chi connectivity index (χ1n) is 16.9. The fourth-order valence-electron chi connectivity index (χ4n) is 8.98. The van der Waals surface area contributed by atoms with Crippen LogP contribution >= 0.6 is 0 Å². The standard InChI is InChI=1S/C44H46/c1-26-22-35-36(21-20-32-30-16-11-12-17-31(30)37(42(2,3)4)25-38(32)43(26,5)6)44(7,8)39-24-34-28-15-10-9-14-27(23-28)29-18-13-19-33(40(29)34)41(35)39/h11-19,21-22,24-26H,9-10,20,23H2,1-8H3. The van der Waals surface area contributed by atoms with Crippen molar-refractivity contribution in [2.45, 2.75) is 97.3 Å². The first-order chi connectivity index (χ1) is 20.9. The van der Waals surface area contributed by atoms with Gasteiger partial charge in [0.15, 0.2) is 0 Å². The lowest BCUT2D eigenvalue weighted by Crippen LogP contribution is -2.28. The summed E-state index contributed by atoms with van der Waals surface area (Å²) >= 11 is 0. The number of hydrogen-bond acceptors (Lipinski definition) is 0. The van der Waals surface area contributed by atoms with E-state index in [0.29, 0.717) is 5.92 Å². The highest BCUT2D eigenvalue weighted by Crippen LogP contribution is 2.57. The molecule has 0 heteroatoms. The summed E-state index contributed by atoms with van der Waals surface area (Å²) in [5.74, 6) is 0.354. The summed E-state index contributed by atoms with van der Waals surface area (Å²) in [5.41, 5.74) is 16.4. The van der Waals surface area contributed by atoms with Gasteiger partial charge < -0.3 is 0 Å². The molecule has 0 saturated heterocycles. The van der Waals surface area contributed by atoms with Gasteiger partial charge in [-0.2, -0.15) is 0 Å². The molecule has 4 aromatic rings. The number of benzene rings is 4. The molecule has 0 radical (unpaired) electrons. The second kappa shape index (κ2) is 9.20. The Morgan fingerprint density at radius 2 is 1.41 bits per heavy atom. The smallest absolute Gasteiger partial charge is 0.0156 e. The zero-order valence-corrected chi connectivity index (χ0v) is 27.9. The van der Waals surface area contributed by atoms with Crippen LogP contribution in [0.2, 0.25) is 0 Å². The zero-order chi connectivity index (χ0) is 30.8. The zero-order valence-electron chi connectivity index (χ0n) is 27.9. The SMILES string of the molecule is CC1C=C2C(=CCc3c(cc(C(C)(C)C)c4ccccc34)C1(C)C)C(C)(C)c1cc3c4c(cccc4c12)C1=CCCC=C3C1. The van der Waals surface area contributed by atoms with Crippen LogP contribution in [0.25, 0.3) is 38.3 Å². The molecule has 1 unspecified atom stereocenters. The van der Waals surface area contributed by atoms with E-state index in [4.69, 9.17) is 0 Å². The van der Waals surface area contributed by atoms with Gasteiger partial charge in [-0.1, -0.05) is 128 Å². The Balaban J connectivity index is 1.43. The molecule has 0 saturated carbocycles. The van der Waals surface area contributed by atoms with Crippen LogP contribution in [0.15, 0.2) is 84.5 Å². The van der Waals surface area contributed by atoms with Crippen molar-refractivity contribution in [1.29, 1.82) is 0 Å². The average Bonchev–Trinajstić information content (AvgIpc) is 3.09. The Kier molecular flexibility index (Phi) is 5.83. The van der Waals surface area contributed by atoms with Crippen molar-refractivity contribution >= 4 is 38.3 Å². The summed E-state index contributed by atoms with van der Waals surface area (Å²) in [6.07, 6.45) is 14.6. The molecule has 4 aliphatic rings. The van der Waals surface area contributed by atoms with E-state index in [1.54, 1.807) is 0 Å². The number of hydrogen-bond donors (Lipinski definition) is 0. The molecular weight excluding hydrogens is 528 g/mol. The van der Waals surface area contributed by atoms with Crippen LogP contribution in [0.3, 0.4) is 0 Å². The van der Waals surface area contributed by atoms with Crippen LogP contribution < -0.4 is 0 Å². The van der Waals surface area contributed by atoms with Gasteiger partial charge in [0.2, 0.25) is 0 Å². The molecule has 0 amide bonds. The molecule has 0 spiro atoms. The van der Waals surface area contributed by atoms with Crippen molar-refractivity contribution in [3.05, 3.63) is 123 Å². The van der Waals surface area contributed by atoms with Crippen LogP contribution in [-0.2, 0) is 22.7 Å². The number of rotatable bonds is 0. The Hall–Kier alpha value is -3.64. The lowest BCUT2D eigenvalue weighted by molar-refractivity contribution is 0.407. The van der Waals surface area contributed by atoms with E-state index in [1.807, 2.05) is 0 Å². The maximum atomic E-state index is 2.66. The van der Waals surface area contributed by atoms with Crippen molar-refractivity contribution < 1.29 is 0 Å². The highest BCUT2D eigenvalue weighted by Gasteiger charge is 2.43. The minimum atomic E-state index is -0.0706. The summed E-state index contributed by atoms with van der Waals surface area (Å²) in [5, 5.41) is 5.76. The lowest BCUT2D eigenvalue weighted by Gasteiger charge is -2.35. The van der Waals surface area contributed by atoms with E-state index in [1.165, 1.54) is 82.8 Å². The maximum Gasteiger partial charge on any atom is 0.0156 e. The maximum absolute atomic E-state index is 2.66. The molecule has 44 heavy (non-hydrogen) atoms. The predicted molar refractivity (Wildman–Crippen MR) is 191 cm³/mol. The van der Waals surface area contributed by atoms with Gasteiger partial charge in [-0.3, -0.25) is 0 Å². The highest BCUT2D eigenvalue weighted by atomic mass is 14.5. The Morgan fingerprint density at radius 3 is 2.14 bits per heavy atom. The fourth-order valence-corrected chi connectivity index (χ4v) is 8.98. The molecule has 0 aliphatic heterocycles. The minimum Gasteiger partial charge on any atom is -0.0801 e. The van der Waals surface area contributed by atoms with Gasteiger partial charge in [0.25, 0.3) is 0 Å². The molecule has 0 fully saturated rings. The van der Waals surface area contributed by atoms with E-state index in [0.717, 1.165) is 25.7 Å². The summed E-state index contributed by atoms with van der Waals surface area (Å²) < 4.78 is 0. The van der Waals surface area contributed by atoms with Crippen molar-refractivity contribution in [1.82, 2.24) is 0 Å². The molecular formula is C44H46. The van der Waals surface area contributed by atoms with Gasteiger partial charge in [-0.05, 0) is 131 Å². The highest BCUT2D eigenvalue weighted by molar-refractivity contribution is 6.13. The summed E-state index contributed by atoms with van der Waals surface area (Å²) in [6, 6.07) is 21.5. The van der Waals surface area contributed by atoms with Gasteiger partial charge in [0, 0.05) is 5.41 Å². The van der Waals surface area contributed by atoms with Crippen molar-refractivity contribution in [3.63, 3.8) is 0 Å². The van der Waals surface area contributed by atoms with Crippen molar-refractivity contribution in [3.8, 4) is 0 Å². The molecule has 0 heterocycles. The molecule has 0 aromatic heterocycles. The van der Waals surface area contributed by atoms with E-state index in [9.17, 15) is 0 Å². The summed E-state index contributed by atoms with van der Waals surface area (Å²) in [6.45, 7) is 19.5. The molecule has 8 rings (SSSR count). The second-order valence-corrected chi connectivity index (χ2v) is 16.1. The first kappa shape index (κ1) is 27.9. The Bertz CT molecular complexity index is 2040. The van der Waals surface area contributed by atoms with Crippen LogP contribution in [0, 0.1) is 5.92 Å². The fraction of sp³-hybridized carbons (Fsp3) is 0.364. The molecule has 2 bridgehead atoms. The van der Waals surface area contributed by atoms with Crippen LogP contribution in [0.4, 0.5) is 0 Å². The van der Waals surface area contributed by atoms with E-state index in [-0.39, 0.29) is 16.2 Å². The quantitative estimate of drug-likeness (QED) is 0.196. The third-order valence-electron chi connectivity index (χ3n) is 11.8. The molecule has 222 valence electrons. The molecule has 4 aliphatic carbocycles. The Morgan fingerprint density at radius 1 is 0.727 bits per heavy atom. The van der Waals surface area contributed by atoms with Crippen LogP contribution in [0.5, 0.6) is 0 Å². The van der Waals surface area contributed by atoms with E-state index in [2.05, 4.69) is 134 Å². The third kappa shape index (κ3) is 3.76. The van der Waals surface area contributed by atoms with Gasteiger partial charge in [0.05, 0.1) is 0 Å². The van der Waals surface area contributed by atoms with Crippen LogP contribution in [0.1, 0.15) is 114 Å². The van der Waals surface area contributed by atoms with Gasteiger partial charge in [0.1, 0.15) is 0 Å². The number of fused-ring (bicyclic) bond motifs is 11. The van der Waals surface area contributed by atoms with E-state index >= 15 is 0 Å². The third-order valence-corrected chi connectivity index (χ3v) is 11.8. The van der Waals surface area contributed by atoms with E-state index < -0.39 is 0 Å². The van der Waals surface area contributed by atoms with Gasteiger partial charge in [-0.25, -0.2) is 0 Å². The largest absolute Gasteiger partial charge is 0.0801 e. The molecule has 1 atom stereocenters. The number of allylic oxidation sites excluding steroid dienone is 8. The predicted octanol–water partition coefficient (Wildman–Crippen LogP) is 12.0. The van der Waals surface area contributed by atoms with Crippen molar-refractivity contribution in [2.24, 2.45) is 5.92 Å². The van der Waals surface area contributed by atoms with Gasteiger partial charge >= 0.3 is 0 Å². The first-order valence-corrected chi connectivity index (χ1v) is 16.9. The molecule has 4 aromatic carbocycles. The summed E-state index contributed by atoms with van der Waals surface area (Å²) in [4.78, 5) is 0. The lowest BCUT2D eigenvalue weighted by atomic mass is 9.69. The van der Waals surface area contributed by atoms with Crippen LogP contribution in [-0.4, -0.2) is 0 Å². The normalized spacial score (nSPS) is 21.5. The molecule has 0 N–H and O–H groups in total. The van der Waals surface area contributed by atoms with Gasteiger partial charge in [-0.15, -0.1) is 0 Å².